The van der Waals surface area contributed by atoms with Crippen LogP contribution >= 0.6 is 11.3 Å². The largest absolute Gasteiger partial charge is 0.451 e. The zero-order valence-electron chi connectivity index (χ0n) is 11.4. The summed E-state index contributed by atoms with van der Waals surface area (Å²) in [6.07, 6.45) is 0. The predicted molar refractivity (Wildman–Crippen MR) is 79.5 cm³/mol. The van der Waals surface area contributed by atoms with Gasteiger partial charge in [0.05, 0.1) is 13.2 Å². The molecular formula is C15H15NO4S. The molecule has 1 aromatic heterocycles. The van der Waals surface area contributed by atoms with Crippen LogP contribution in [0.5, 0.6) is 0 Å². The highest BCUT2D eigenvalue weighted by molar-refractivity contribution is 7.20. The van der Waals surface area contributed by atoms with Gasteiger partial charge in [-0.05, 0) is 17.5 Å². The number of nitrogens with zero attached hydrogens (tertiary/aromatic N) is 1. The first-order chi connectivity index (χ1) is 10.2. The number of benzene rings is 1. The first kappa shape index (κ1) is 14.0. The van der Waals surface area contributed by atoms with Gasteiger partial charge in [-0.1, -0.05) is 18.2 Å². The van der Waals surface area contributed by atoms with E-state index >= 15 is 0 Å². The second kappa shape index (κ2) is 6.24. The van der Waals surface area contributed by atoms with Crippen molar-refractivity contribution in [3.8, 4) is 0 Å². The van der Waals surface area contributed by atoms with Crippen LogP contribution in [0.3, 0.4) is 0 Å². The van der Waals surface area contributed by atoms with Crippen LogP contribution < -0.4 is 0 Å². The van der Waals surface area contributed by atoms with E-state index in [1.54, 1.807) is 11.0 Å². The number of carbonyl (C=O) groups excluding carboxylic acids is 2. The lowest BCUT2D eigenvalue weighted by Crippen LogP contribution is -2.42. The quantitative estimate of drug-likeness (QED) is 0.813. The molecule has 0 radical (unpaired) electrons. The normalized spacial score (nSPS) is 15.1. The SMILES string of the molecule is O=C(OCC(=O)N1CCOCC1)c1cc2ccccc2s1. The smallest absolute Gasteiger partial charge is 0.348 e. The highest BCUT2D eigenvalue weighted by Gasteiger charge is 2.19. The zero-order valence-corrected chi connectivity index (χ0v) is 12.2. The van der Waals surface area contributed by atoms with Gasteiger partial charge in [0, 0.05) is 17.8 Å². The van der Waals surface area contributed by atoms with E-state index in [0.717, 1.165) is 10.1 Å². The molecule has 110 valence electrons. The van der Waals surface area contributed by atoms with Crippen molar-refractivity contribution in [3.63, 3.8) is 0 Å². The molecule has 0 spiro atoms. The van der Waals surface area contributed by atoms with E-state index < -0.39 is 5.97 Å². The van der Waals surface area contributed by atoms with E-state index in [9.17, 15) is 9.59 Å². The summed E-state index contributed by atoms with van der Waals surface area (Å²) in [4.78, 5) is 26.1. The molecule has 0 saturated carbocycles. The molecule has 0 bridgehead atoms. The standard InChI is InChI=1S/C15H15NO4S/c17-14(16-5-7-19-8-6-16)10-20-15(18)13-9-11-3-1-2-4-12(11)21-13/h1-4,9H,5-8,10H2. The Bertz CT molecular complexity index is 627. The number of amides is 1. The van der Waals surface area contributed by atoms with E-state index in [1.807, 2.05) is 24.3 Å². The zero-order chi connectivity index (χ0) is 14.7. The highest BCUT2D eigenvalue weighted by Crippen LogP contribution is 2.25. The van der Waals surface area contributed by atoms with Crippen molar-refractivity contribution >= 4 is 33.3 Å². The van der Waals surface area contributed by atoms with Gasteiger partial charge >= 0.3 is 5.97 Å². The molecular weight excluding hydrogens is 290 g/mol. The van der Waals surface area contributed by atoms with Gasteiger partial charge in [-0.2, -0.15) is 0 Å². The Morgan fingerprint density at radius 1 is 1.24 bits per heavy atom. The number of esters is 1. The van der Waals surface area contributed by atoms with E-state index in [2.05, 4.69) is 0 Å². The number of fused-ring (bicyclic) bond motifs is 1. The fourth-order valence-corrected chi connectivity index (χ4v) is 3.14. The lowest BCUT2D eigenvalue weighted by Gasteiger charge is -2.26. The molecule has 2 aromatic rings. The molecule has 5 nitrogen and oxygen atoms in total. The number of rotatable bonds is 3. The second-order valence-corrected chi connectivity index (χ2v) is 5.80. The van der Waals surface area contributed by atoms with Gasteiger partial charge in [-0.25, -0.2) is 4.79 Å². The second-order valence-electron chi connectivity index (χ2n) is 4.72. The third-order valence-electron chi connectivity index (χ3n) is 3.32. The fourth-order valence-electron chi connectivity index (χ4n) is 2.18. The van der Waals surface area contributed by atoms with Gasteiger partial charge in [0.1, 0.15) is 4.88 Å². The summed E-state index contributed by atoms with van der Waals surface area (Å²) in [5.41, 5.74) is 0. The molecule has 1 aromatic carbocycles. The van der Waals surface area contributed by atoms with Gasteiger partial charge in [0.15, 0.2) is 6.61 Å². The maximum atomic E-state index is 12.0. The van der Waals surface area contributed by atoms with Crippen LogP contribution in [0, 0.1) is 0 Å². The Morgan fingerprint density at radius 2 is 2.00 bits per heavy atom. The average Bonchev–Trinajstić information content (AvgIpc) is 2.97. The fraction of sp³-hybridized carbons (Fsp3) is 0.333. The van der Waals surface area contributed by atoms with Gasteiger partial charge in [0.25, 0.3) is 5.91 Å². The van der Waals surface area contributed by atoms with Gasteiger partial charge in [-0.3, -0.25) is 4.79 Å². The lowest BCUT2D eigenvalue weighted by atomic mass is 10.2. The maximum Gasteiger partial charge on any atom is 0.348 e. The molecule has 2 heterocycles. The number of thiophene rings is 1. The van der Waals surface area contributed by atoms with Crippen LogP contribution in [-0.2, 0) is 14.3 Å². The molecule has 0 aliphatic carbocycles. The van der Waals surface area contributed by atoms with Crippen LogP contribution in [0.4, 0.5) is 0 Å². The summed E-state index contributed by atoms with van der Waals surface area (Å²) in [5.74, 6) is -0.620. The number of ether oxygens (including phenoxy) is 2. The summed E-state index contributed by atoms with van der Waals surface area (Å²) in [6.45, 7) is 1.97. The number of hydrogen-bond acceptors (Lipinski definition) is 5. The van der Waals surface area contributed by atoms with Crippen molar-refractivity contribution in [3.05, 3.63) is 35.2 Å². The molecule has 1 aliphatic rings. The first-order valence-corrected chi connectivity index (χ1v) is 7.57. The van der Waals surface area contributed by atoms with E-state index in [0.29, 0.717) is 31.2 Å². The molecule has 0 atom stereocenters. The van der Waals surface area contributed by atoms with E-state index in [-0.39, 0.29) is 12.5 Å². The summed E-state index contributed by atoms with van der Waals surface area (Å²) >= 11 is 1.37. The van der Waals surface area contributed by atoms with Crippen LogP contribution in [-0.4, -0.2) is 49.7 Å². The molecule has 6 heteroatoms. The molecule has 1 aliphatic heterocycles. The van der Waals surface area contributed by atoms with Crippen molar-refractivity contribution in [1.82, 2.24) is 4.90 Å². The minimum absolute atomic E-state index is 0.173. The van der Waals surface area contributed by atoms with E-state index in [1.165, 1.54) is 11.3 Å². The third-order valence-corrected chi connectivity index (χ3v) is 4.41. The van der Waals surface area contributed by atoms with Crippen molar-refractivity contribution in [2.24, 2.45) is 0 Å². The van der Waals surface area contributed by atoms with Crippen molar-refractivity contribution < 1.29 is 19.1 Å². The maximum absolute atomic E-state index is 12.0. The molecule has 21 heavy (non-hydrogen) atoms. The first-order valence-electron chi connectivity index (χ1n) is 6.75. The molecule has 1 saturated heterocycles. The Morgan fingerprint density at radius 3 is 2.76 bits per heavy atom. The topological polar surface area (TPSA) is 55.8 Å². The van der Waals surface area contributed by atoms with Crippen molar-refractivity contribution in [1.29, 1.82) is 0 Å². The van der Waals surface area contributed by atoms with Gasteiger partial charge in [0.2, 0.25) is 0 Å². The summed E-state index contributed by atoms with van der Waals surface area (Å²) in [6, 6.07) is 9.54. The van der Waals surface area contributed by atoms with Crippen molar-refractivity contribution in [2.45, 2.75) is 0 Å². The van der Waals surface area contributed by atoms with E-state index in [4.69, 9.17) is 9.47 Å². The molecule has 1 fully saturated rings. The van der Waals surface area contributed by atoms with Crippen LogP contribution in [0.25, 0.3) is 10.1 Å². The monoisotopic (exact) mass is 305 g/mol. The number of morpholine rings is 1. The third kappa shape index (κ3) is 3.22. The lowest BCUT2D eigenvalue weighted by molar-refractivity contribution is -0.138. The van der Waals surface area contributed by atoms with Crippen LogP contribution in [0.2, 0.25) is 0 Å². The predicted octanol–water partition coefficient (Wildman–Crippen LogP) is 1.92. The Balaban J connectivity index is 1.59. The Kier molecular flexibility index (Phi) is 4.17. The molecule has 0 unspecified atom stereocenters. The summed E-state index contributed by atoms with van der Waals surface area (Å²) in [7, 11) is 0. The highest BCUT2D eigenvalue weighted by atomic mass is 32.1. The van der Waals surface area contributed by atoms with Gasteiger partial charge in [-0.15, -0.1) is 11.3 Å². The minimum atomic E-state index is -0.446. The molecule has 3 rings (SSSR count). The van der Waals surface area contributed by atoms with Crippen LogP contribution in [0.1, 0.15) is 9.67 Å². The van der Waals surface area contributed by atoms with Crippen LogP contribution in [0.15, 0.2) is 30.3 Å². The average molecular weight is 305 g/mol. The summed E-state index contributed by atoms with van der Waals surface area (Å²) in [5, 5.41) is 1.01. The molecule has 1 amide bonds. The molecule has 0 N–H and O–H groups in total. The number of hydrogen-bond donors (Lipinski definition) is 0. The minimum Gasteiger partial charge on any atom is -0.451 e. The summed E-state index contributed by atoms with van der Waals surface area (Å²) < 4.78 is 11.3. The Hall–Kier alpha value is -1.92. The van der Waals surface area contributed by atoms with Gasteiger partial charge < -0.3 is 14.4 Å². The number of carbonyl (C=O) groups is 2. The Labute approximate surface area is 126 Å². The van der Waals surface area contributed by atoms with Crippen molar-refractivity contribution in [2.75, 3.05) is 32.9 Å².